The highest BCUT2D eigenvalue weighted by atomic mass is 16.5. The van der Waals surface area contributed by atoms with Gasteiger partial charge < -0.3 is 15.4 Å². The largest absolute Gasteiger partial charge is 0.496 e. The maximum absolute atomic E-state index is 12.3. The number of carbonyl (C=O) groups is 2. The summed E-state index contributed by atoms with van der Waals surface area (Å²) in [6.45, 7) is 3.06. The van der Waals surface area contributed by atoms with E-state index in [9.17, 15) is 9.59 Å². The molecular weight excluding hydrogens is 280 g/mol. The van der Waals surface area contributed by atoms with Gasteiger partial charge in [-0.2, -0.15) is 0 Å². The number of piperidine rings is 1. The number of aryl methyl sites for hydroxylation is 1. The number of rotatable bonds is 4. The van der Waals surface area contributed by atoms with Gasteiger partial charge in [0.25, 0.3) is 0 Å². The lowest BCUT2D eigenvalue weighted by atomic mass is 9.97. The monoisotopic (exact) mass is 302 g/mol. The average molecular weight is 302 g/mol. The minimum atomic E-state index is -0.332. The lowest BCUT2D eigenvalue weighted by molar-refractivity contribution is -0.130. The van der Waals surface area contributed by atoms with E-state index in [0.29, 0.717) is 13.1 Å². The molecule has 0 aromatic heterocycles. The number of carbonyl (C=O) groups excluding carboxylic acids is 2. The molecule has 0 spiro atoms. The molecule has 0 bridgehead atoms. The van der Waals surface area contributed by atoms with Crippen molar-refractivity contribution in [3.05, 3.63) is 35.4 Å². The Labute approximate surface area is 130 Å². The first-order valence-electron chi connectivity index (χ1n) is 7.42. The van der Waals surface area contributed by atoms with Crippen molar-refractivity contribution in [2.45, 2.75) is 19.8 Å². The number of hydrogen-bond acceptors (Lipinski definition) is 3. The van der Waals surface area contributed by atoms with E-state index < -0.39 is 0 Å². The molecule has 5 nitrogen and oxygen atoms in total. The third-order valence-corrected chi connectivity index (χ3v) is 3.93. The van der Waals surface area contributed by atoms with Crippen LogP contribution in [-0.4, -0.2) is 36.9 Å². The predicted octanol–water partition coefficient (Wildman–Crippen LogP) is 1.74. The van der Waals surface area contributed by atoms with Gasteiger partial charge in [0.15, 0.2) is 0 Å². The molecule has 118 valence electrons. The summed E-state index contributed by atoms with van der Waals surface area (Å²) < 4.78 is 5.29. The van der Waals surface area contributed by atoms with Gasteiger partial charge in [0.2, 0.25) is 11.8 Å². The zero-order valence-corrected chi connectivity index (χ0v) is 13.0. The molecule has 5 heteroatoms. The lowest BCUT2D eigenvalue weighted by Gasteiger charge is -2.30. The van der Waals surface area contributed by atoms with Crippen molar-refractivity contribution in [1.82, 2.24) is 4.90 Å². The molecule has 1 aromatic rings. The van der Waals surface area contributed by atoms with Crippen LogP contribution in [0.3, 0.4) is 0 Å². The molecule has 1 saturated heterocycles. The zero-order chi connectivity index (χ0) is 16.1. The smallest absolute Gasteiger partial charge is 0.246 e. The molecule has 2 N–H and O–H groups in total. The minimum Gasteiger partial charge on any atom is -0.496 e. The molecule has 1 aromatic carbocycles. The van der Waals surface area contributed by atoms with Crippen LogP contribution in [0, 0.1) is 12.8 Å². The van der Waals surface area contributed by atoms with E-state index >= 15 is 0 Å². The Hall–Kier alpha value is -2.30. The number of primary amides is 1. The Balaban J connectivity index is 2.08. The van der Waals surface area contributed by atoms with E-state index in [1.165, 1.54) is 6.08 Å². The van der Waals surface area contributed by atoms with Crippen molar-refractivity contribution >= 4 is 17.9 Å². The van der Waals surface area contributed by atoms with E-state index in [1.807, 2.05) is 25.1 Å². The fourth-order valence-electron chi connectivity index (χ4n) is 2.66. The van der Waals surface area contributed by atoms with Gasteiger partial charge in [-0.05, 0) is 38.0 Å². The third kappa shape index (κ3) is 3.87. The Morgan fingerprint density at radius 1 is 1.41 bits per heavy atom. The summed E-state index contributed by atoms with van der Waals surface area (Å²) in [6, 6.07) is 5.80. The van der Waals surface area contributed by atoms with Gasteiger partial charge in [-0.3, -0.25) is 9.59 Å². The number of nitrogens with two attached hydrogens (primary N) is 1. The highest BCUT2D eigenvalue weighted by Crippen LogP contribution is 2.22. The van der Waals surface area contributed by atoms with Crippen molar-refractivity contribution in [2.24, 2.45) is 11.7 Å². The summed E-state index contributed by atoms with van der Waals surface area (Å²) in [6.07, 6.45) is 4.85. The molecule has 0 radical (unpaired) electrons. The molecule has 0 saturated carbocycles. The van der Waals surface area contributed by atoms with Crippen LogP contribution in [0.2, 0.25) is 0 Å². The first kappa shape index (κ1) is 16.1. The van der Waals surface area contributed by atoms with Crippen molar-refractivity contribution < 1.29 is 14.3 Å². The first-order valence-corrected chi connectivity index (χ1v) is 7.42. The normalized spacial score (nSPS) is 18.5. The van der Waals surface area contributed by atoms with Gasteiger partial charge in [0.1, 0.15) is 5.75 Å². The molecule has 2 amide bonds. The highest BCUT2D eigenvalue weighted by Gasteiger charge is 2.25. The van der Waals surface area contributed by atoms with Gasteiger partial charge in [0, 0.05) is 24.7 Å². The second-order valence-corrected chi connectivity index (χ2v) is 5.60. The summed E-state index contributed by atoms with van der Waals surface area (Å²) in [4.78, 5) is 25.2. The Morgan fingerprint density at radius 3 is 2.86 bits per heavy atom. The molecular formula is C17H22N2O3. The quantitative estimate of drug-likeness (QED) is 0.861. The Kier molecular flexibility index (Phi) is 5.20. The maximum atomic E-state index is 12.3. The summed E-state index contributed by atoms with van der Waals surface area (Å²) in [5.41, 5.74) is 7.30. The minimum absolute atomic E-state index is 0.102. The van der Waals surface area contributed by atoms with Gasteiger partial charge in [-0.25, -0.2) is 0 Å². The number of likely N-dealkylation sites (tertiary alicyclic amines) is 1. The van der Waals surface area contributed by atoms with E-state index in [4.69, 9.17) is 10.5 Å². The second kappa shape index (κ2) is 7.11. The van der Waals surface area contributed by atoms with Crippen LogP contribution < -0.4 is 10.5 Å². The molecule has 1 fully saturated rings. The van der Waals surface area contributed by atoms with Crippen LogP contribution >= 0.6 is 0 Å². The molecule has 2 rings (SSSR count). The molecule has 1 unspecified atom stereocenters. The fraction of sp³-hybridized carbons (Fsp3) is 0.412. The molecule has 0 aliphatic carbocycles. The Morgan fingerprint density at radius 2 is 2.18 bits per heavy atom. The summed E-state index contributed by atoms with van der Waals surface area (Å²) >= 11 is 0. The average Bonchev–Trinajstić information content (AvgIpc) is 2.52. The first-order chi connectivity index (χ1) is 10.5. The predicted molar refractivity (Wildman–Crippen MR) is 85.3 cm³/mol. The highest BCUT2D eigenvalue weighted by molar-refractivity contribution is 5.92. The van der Waals surface area contributed by atoms with E-state index in [0.717, 1.165) is 29.7 Å². The molecule has 22 heavy (non-hydrogen) atoms. The van der Waals surface area contributed by atoms with Crippen LogP contribution in [0.25, 0.3) is 6.08 Å². The van der Waals surface area contributed by atoms with Crippen LogP contribution in [0.1, 0.15) is 24.0 Å². The number of amides is 2. The topological polar surface area (TPSA) is 72.6 Å². The second-order valence-electron chi connectivity index (χ2n) is 5.60. The Bertz CT molecular complexity index is 596. The van der Waals surface area contributed by atoms with Crippen molar-refractivity contribution in [3.63, 3.8) is 0 Å². The molecule has 1 aliphatic rings. The molecule has 1 aliphatic heterocycles. The maximum Gasteiger partial charge on any atom is 0.246 e. The molecule has 1 atom stereocenters. The fourth-order valence-corrected chi connectivity index (χ4v) is 2.66. The lowest BCUT2D eigenvalue weighted by Crippen LogP contribution is -2.43. The number of methoxy groups -OCH3 is 1. The third-order valence-electron chi connectivity index (χ3n) is 3.93. The van der Waals surface area contributed by atoms with Crippen LogP contribution in [0.15, 0.2) is 24.3 Å². The van der Waals surface area contributed by atoms with Crippen molar-refractivity contribution in [2.75, 3.05) is 20.2 Å². The van der Waals surface area contributed by atoms with Gasteiger partial charge in [-0.1, -0.05) is 11.6 Å². The molecule has 1 heterocycles. The standard InChI is InChI=1S/C17H22N2O3/c1-12-5-7-15(22-2)13(10-12)6-8-16(20)19-9-3-4-14(11-19)17(18)21/h5-8,10,14H,3-4,9,11H2,1-2H3,(H2,18,21)/b8-6+. The van der Waals surface area contributed by atoms with E-state index in [-0.39, 0.29) is 17.7 Å². The van der Waals surface area contributed by atoms with E-state index in [1.54, 1.807) is 18.1 Å². The van der Waals surface area contributed by atoms with Gasteiger partial charge in [0.05, 0.1) is 13.0 Å². The zero-order valence-electron chi connectivity index (χ0n) is 13.0. The van der Waals surface area contributed by atoms with Gasteiger partial charge >= 0.3 is 0 Å². The van der Waals surface area contributed by atoms with Crippen molar-refractivity contribution in [1.29, 1.82) is 0 Å². The number of ether oxygens (including phenoxy) is 1. The van der Waals surface area contributed by atoms with Crippen LogP contribution in [0.4, 0.5) is 0 Å². The van der Waals surface area contributed by atoms with E-state index in [2.05, 4.69) is 0 Å². The summed E-state index contributed by atoms with van der Waals surface area (Å²) in [7, 11) is 1.60. The summed E-state index contributed by atoms with van der Waals surface area (Å²) in [5.74, 6) is 0.0549. The van der Waals surface area contributed by atoms with Crippen LogP contribution in [-0.2, 0) is 9.59 Å². The number of nitrogens with zero attached hydrogens (tertiary/aromatic N) is 1. The number of benzene rings is 1. The van der Waals surface area contributed by atoms with Gasteiger partial charge in [-0.15, -0.1) is 0 Å². The van der Waals surface area contributed by atoms with Crippen molar-refractivity contribution in [3.8, 4) is 5.75 Å². The summed E-state index contributed by atoms with van der Waals surface area (Å²) in [5, 5.41) is 0. The van der Waals surface area contributed by atoms with Crippen LogP contribution in [0.5, 0.6) is 5.75 Å². The number of hydrogen-bond donors (Lipinski definition) is 1. The SMILES string of the molecule is COc1ccc(C)cc1/C=C/C(=O)N1CCCC(C(N)=O)C1.